The summed E-state index contributed by atoms with van der Waals surface area (Å²) in [7, 11) is 3.05. The van der Waals surface area contributed by atoms with Gasteiger partial charge in [0, 0.05) is 24.1 Å². The highest BCUT2D eigenvalue weighted by atomic mass is 16.5. The van der Waals surface area contributed by atoms with Gasteiger partial charge in [0.1, 0.15) is 11.5 Å². The second kappa shape index (κ2) is 9.96. The molecule has 0 bridgehead atoms. The summed E-state index contributed by atoms with van der Waals surface area (Å²) in [4.78, 5) is 24.9. The largest absolute Gasteiger partial charge is 0.494 e. The van der Waals surface area contributed by atoms with Crippen molar-refractivity contribution in [3.8, 4) is 11.5 Å². The summed E-state index contributed by atoms with van der Waals surface area (Å²) in [6, 6.07) is 12.3. The zero-order chi connectivity index (χ0) is 20.6. The van der Waals surface area contributed by atoms with E-state index in [9.17, 15) is 9.59 Å². The third-order valence-corrected chi connectivity index (χ3v) is 5.33. The molecular weight excluding hydrogens is 368 g/mol. The summed E-state index contributed by atoms with van der Waals surface area (Å²) in [5.41, 5.74) is 1.54. The fraction of sp³-hybridized carbons (Fsp3) is 0.391. The highest BCUT2D eigenvalue weighted by Gasteiger charge is 2.18. The van der Waals surface area contributed by atoms with Crippen molar-refractivity contribution < 1.29 is 19.1 Å². The van der Waals surface area contributed by atoms with Crippen molar-refractivity contribution in [3.05, 3.63) is 48.0 Å². The van der Waals surface area contributed by atoms with Gasteiger partial charge >= 0.3 is 0 Å². The average molecular weight is 396 g/mol. The van der Waals surface area contributed by atoms with Crippen LogP contribution in [0.15, 0.2) is 42.5 Å². The van der Waals surface area contributed by atoms with Crippen LogP contribution < -0.4 is 20.1 Å². The summed E-state index contributed by atoms with van der Waals surface area (Å²) >= 11 is 0. The van der Waals surface area contributed by atoms with Crippen LogP contribution >= 0.6 is 0 Å². The van der Waals surface area contributed by atoms with E-state index in [2.05, 4.69) is 10.6 Å². The maximum absolute atomic E-state index is 12.5. The van der Waals surface area contributed by atoms with Crippen LogP contribution in [-0.4, -0.2) is 26.0 Å². The standard InChI is InChI=1S/C23H28N2O4/c1-28-20-15-19(25-23(27)17-10-4-3-5-11-17)21(29-2)14-18(20)24-22(26)13-12-16-8-6-7-9-16/h3-5,10-11,14-16H,6-9,12-13H2,1-2H3,(H,24,26)(H,25,27). The molecule has 0 radical (unpaired) electrons. The number of amides is 2. The van der Waals surface area contributed by atoms with E-state index in [0.29, 0.717) is 40.8 Å². The van der Waals surface area contributed by atoms with Crippen LogP contribution in [0.2, 0.25) is 0 Å². The van der Waals surface area contributed by atoms with E-state index in [1.807, 2.05) is 6.07 Å². The van der Waals surface area contributed by atoms with Crippen molar-refractivity contribution in [2.24, 2.45) is 5.92 Å². The molecule has 1 aliphatic carbocycles. The molecule has 0 spiro atoms. The van der Waals surface area contributed by atoms with Crippen LogP contribution in [0.1, 0.15) is 48.9 Å². The monoisotopic (exact) mass is 396 g/mol. The van der Waals surface area contributed by atoms with Crippen molar-refractivity contribution in [2.45, 2.75) is 38.5 Å². The molecule has 0 heterocycles. The molecule has 0 aliphatic heterocycles. The lowest BCUT2D eigenvalue weighted by Crippen LogP contribution is -2.15. The Morgan fingerprint density at radius 2 is 1.52 bits per heavy atom. The smallest absolute Gasteiger partial charge is 0.255 e. The van der Waals surface area contributed by atoms with Gasteiger partial charge in [0.05, 0.1) is 25.6 Å². The molecule has 2 aromatic rings. The molecule has 29 heavy (non-hydrogen) atoms. The van der Waals surface area contributed by atoms with Gasteiger partial charge < -0.3 is 20.1 Å². The summed E-state index contributed by atoms with van der Waals surface area (Å²) in [5.74, 6) is 1.27. The molecule has 0 aromatic heterocycles. The molecule has 2 amide bonds. The molecule has 2 aromatic carbocycles. The van der Waals surface area contributed by atoms with Crippen LogP contribution in [0.4, 0.5) is 11.4 Å². The predicted molar refractivity (Wildman–Crippen MR) is 114 cm³/mol. The van der Waals surface area contributed by atoms with Crippen molar-refractivity contribution in [2.75, 3.05) is 24.9 Å². The van der Waals surface area contributed by atoms with Gasteiger partial charge in [-0.3, -0.25) is 9.59 Å². The molecular formula is C23H28N2O4. The number of methoxy groups -OCH3 is 2. The van der Waals surface area contributed by atoms with Gasteiger partial charge in [0.2, 0.25) is 5.91 Å². The number of benzene rings is 2. The van der Waals surface area contributed by atoms with E-state index >= 15 is 0 Å². The van der Waals surface area contributed by atoms with Gasteiger partial charge in [-0.25, -0.2) is 0 Å². The first-order valence-corrected chi connectivity index (χ1v) is 10.0. The first-order chi connectivity index (χ1) is 14.1. The van der Waals surface area contributed by atoms with Gasteiger partial charge in [0.15, 0.2) is 0 Å². The van der Waals surface area contributed by atoms with Crippen molar-refractivity contribution >= 4 is 23.2 Å². The first kappa shape index (κ1) is 20.7. The van der Waals surface area contributed by atoms with Crippen molar-refractivity contribution in [1.29, 1.82) is 0 Å². The van der Waals surface area contributed by atoms with E-state index in [4.69, 9.17) is 9.47 Å². The van der Waals surface area contributed by atoms with Crippen LogP contribution in [-0.2, 0) is 4.79 Å². The molecule has 6 heteroatoms. The zero-order valence-electron chi connectivity index (χ0n) is 17.0. The number of hydrogen-bond acceptors (Lipinski definition) is 4. The molecule has 6 nitrogen and oxygen atoms in total. The van der Waals surface area contributed by atoms with Gasteiger partial charge in [-0.05, 0) is 24.5 Å². The van der Waals surface area contributed by atoms with E-state index in [0.717, 1.165) is 6.42 Å². The van der Waals surface area contributed by atoms with Gasteiger partial charge in [0.25, 0.3) is 5.91 Å². The van der Waals surface area contributed by atoms with E-state index in [1.54, 1.807) is 36.4 Å². The van der Waals surface area contributed by atoms with E-state index in [1.165, 1.54) is 39.9 Å². The fourth-order valence-electron chi connectivity index (χ4n) is 3.72. The zero-order valence-corrected chi connectivity index (χ0v) is 17.0. The summed E-state index contributed by atoms with van der Waals surface area (Å²) < 4.78 is 10.9. The number of rotatable bonds is 8. The van der Waals surface area contributed by atoms with E-state index < -0.39 is 0 Å². The Balaban J connectivity index is 1.71. The normalized spacial score (nSPS) is 13.7. The molecule has 1 saturated carbocycles. The Hall–Kier alpha value is -3.02. The molecule has 0 saturated heterocycles. The molecule has 0 atom stereocenters. The Morgan fingerprint density at radius 1 is 0.931 bits per heavy atom. The average Bonchev–Trinajstić information content (AvgIpc) is 3.27. The van der Waals surface area contributed by atoms with Crippen LogP contribution in [0.25, 0.3) is 0 Å². The quantitative estimate of drug-likeness (QED) is 0.668. The minimum Gasteiger partial charge on any atom is -0.494 e. The number of hydrogen-bond donors (Lipinski definition) is 2. The molecule has 154 valence electrons. The number of nitrogens with one attached hydrogen (secondary N) is 2. The number of carbonyl (C=O) groups excluding carboxylic acids is 2. The maximum Gasteiger partial charge on any atom is 0.255 e. The number of carbonyl (C=O) groups is 2. The van der Waals surface area contributed by atoms with Crippen LogP contribution in [0.3, 0.4) is 0 Å². The Morgan fingerprint density at radius 3 is 2.10 bits per heavy atom. The second-order valence-corrected chi connectivity index (χ2v) is 7.31. The lowest BCUT2D eigenvalue weighted by atomic mass is 10.0. The third-order valence-electron chi connectivity index (χ3n) is 5.33. The minimum atomic E-state index is -0.251. The Bertz CT molecular complexity index is 845. The summed E-state index contributed by atoms with van der Waals surface area (Å²) in [5, 5.41) is 5.75. The Kier molecular flexibility index (Phi) is 7.11. The lowest BCUT2D eigenvalue weighted by Gasteiger charge is -2.16. The topological polar surface area (TPSA) is 76.7 Å². The van der Waals surface area contributed by atoms with Gasteiger partial charge in [-0.1, -0.05) is 43.9 Å². The third kappa shape index (κ3) is 5.50. The first-order valence-electron chi connectivity index (χ1n) is 10.0. The highest BCUT2D eigenvalue weighted by molar-refractivity contribution is 6.05. The SMILES string of the molecule is COc1cc(NC(=O)c2ccccc2)c(OC)cc1NC(=O)CCC1CCCC1. The Labute approximate surface area is 171 Å². The second-order valence-electron chi connectivity index (χ2n) is 7.31. The van der Waals surface area contributed by atoms with Crippen molar-refractivity contribution in [1.82, 2.24) is 0 Å². The minimum absolute atomic E-state index is 0.0432. The van der Waals surface area contributed by atoms with Crippen LogP contribution in [0.5, 0.6) is 11.5 Å². The fourth-order valence-corrected chi connectivity index (χ4v) is 3.72. The molecule has 1 aliphatic rings. The molecule has 1 fully saturated rings. The van der Waals surface area contributed by atoms with Gasteiger partial charge in [-0.2, -0.15) is 0 Å². The van der Waals surface area contributed by atoms with Crippen molar-refractivity contribution in [3.63, 3.8) is 0 Å². The van der Waals surface area contributed by atoms with Gasteiger partial charge in [-0.15, -0.1) is 0 Å². The molecule has 0 unspecified atom stereocenters. The number of anilines is 2. The number of ether oxygens (including phenoxy) is 2. The molecule has 2 N–H and O–H groups in total. The maximum atomic E-state index is 12.5. The molecule has 3 rings (SSSR count). The lowest BCUT2D eigenvalue weighted by molar-refractivity contribution is -0.116. The van der Waals surface area contributed by atoms with Crippen LogP contribution in [0, 0.1) is 5.92 Å². The summed E-state index contributed by atoms with van der Waals surface area (Å²) in [6.07, 6.45) is 6.39. The summed E-state index contributed by atoms with van der Waals surface area (Å²) in [6.45, 7) is 0. The predicted octanol–water partition coefficient (Wildman–Crippen LogP) is 4.87. The highest BCUT2D eigenvalue weighted by Crippen LogP contribution is 2.37. The van der Waals surface area contributed by atoms with E-state index in [-0.39, 0.29) is 11.8 Å².